The van der Waals surface area contributed by atoms with E-state index in [1.165, 1.54) is 4.90 Å². The Morgan fingerprint density at radius 3 is 2.33 bits per heavy atom. The monoisotopic (exact) mass is 440 g/mol. The fourth-order valence-corrected chi connectivity index (χ4v) is 4.44. The second-order valence-electron chi connectivity index (χ2n) is 8.20. The molecule has 1 aromatic heterocycles. The predicted octanol–water partition coefficient (Wildman–Crippen LogP) is 3.77. The van der Waals surface area contributed by atoms with Gasteiger partial charge in [-0.2, -0.15) is 0 Å². The number of amides is 3. The van der Waals surface area contributed by atoms with Gasteiger partial charge in [0.1, 0.15) is 0 Å². The van der Waals surface area contributed by atoms with Crippen molar-refractivity contribution in [2.75, 3.05) is 13.1 Å². The zero-order valence-electron chi connectivity index (χ0n) is 18.2. The molecule has 0 atom stereocenters. The van der Waals surface area contributed by atoms with Crippen LogP contribution in [0.5, 0.6) is 0 Å². The van der Waals surface area contributed by atoms with E-state index in [1.54, 1.807) is 12.1 Å². The van der Waals surface area contributed by atoms with Crippen molar-refractivity contribution in [2.45, 2.75) is 25.8 Å². The van der Waals surface area contributed by atoms with Crippen molar-refractivity contribution in [3.63, 3.8) is 0 Å². The Bertz CT molecular complexity index is 1320. The first-order valence-corrected chi connectivity index (χ1v) is 11.2. The third-order valence-electron chi connectivity index (χ3n) is 6.07. The lowest BCUT2D eigenvalue weighted by molar-refractivity contribution is -0.121. The third kappa shape index (κ3) is 3.98. The van der Waals surface area contributed by atoms with Gasteiger partial charge in [0.25, 0.3) is 11.8 Å². The van der Waals surface area contributed by atoms with E-state index in [4.69, 9.17) is 0 Å². The Morgan fingerprint density at radius 2 is 1.58 bits per heavy atom. The molecule has 7 nitrogen and oxygen atoms in total. The number of imidazole rings is 1. The number of fused-ring (bicyclic) bond motifs is 1. The zero-order chi connectivity index (χ0) is 22.8. The number of nitrogens with one attached hydrogen (secondary N) is 1. The lowest BCUT2D eigenvalue weighted by Crippen LogP contribution is -2.41. The first kappa shape index (κ1) is 20.9. The van der Waals surface area contributed by atoms with E-state index in [0.29, 0.717) is 24.1 Å². The third-order valence-corrected chi connectivity index (χ3v) is 6.07. The number of nitrogens with zero attached hydrogens (tertiary/aromatic N) is 3. The molecular weight excluding hydrogens is 416 g/mol. The number of para-hydroxylation sites is 2. The van der Waals surface area contributed by atoms with Crippen LogP contribution in [0.3, 0.4) is 0 Å². The molecule has 1 aliphatic heterocycles. The molecule has 0 fully saturated rings. The number of aryl methyl sites for hydroxylation is 1. The maximum atomic E-state index is 12.9. The summed E-state index contributed by atoms with van der Waals surface area (Å²) in [5.74, 6) is -0.667. The predicted molar refractivity (Wildman–Crippen MR) is 126 cm³/mol. The highest BCUT2D eigenvalue weighted by molar-refractivity contribution is 6.25. The minimum Gasteiger partial charge on any atom is -0.356 e. The van der Waals surface area contributed by atoms with Crippen molar-refractivity contribution in [2.24, 2.45) is 0 Å². The van der Waals surface area contributed by atoms with Gasteiger partial charge in [-0.3, -0.25) is 19.3 Å². The molecule has 166 valence electrons. The number of hydrogen-bond acceptors (Lipinski definition) is 4. The van der Waals surface area contributed by atoms with Crippen molar-refractivity contribution in [3.8, 4) is 0 Å². The number of hydrogen-bond donors (Lipinski definition) is 1. The SMILES string of the molecule is O=C(CCCN1C(=O)c2cccc3cccc(c23)C1=O)NCCCn1cnc2ccccc21. The molecule has 3 amide bonds. The topological polar surface area (TPSA) is 84.3 Å². The van der Waals surface area contributed by atoms with Crippen LogP contribution in [0.15, 0.2) is 67.0 Å². The first-order chi connectivity index (χ1) is 16.1. The van der Waals surface area contributed by atoms with Gasteiger partial charge in [-0.25, -0.2) is 4.98 Å². The van der Waals surface area contributed by atoms with Crippen LogP contribution in [0.25, 0.3) is 21.8 Å². The second kappa shape index (κ2) is 8.86. The standard InChI is InChI=1S/C26H24N4O3/c31-23(27-14-6-15-29-17-28-21-11-1-2-12-22(21)29)13-5-16-30-25(32)19-9-3-7-18-8-4-10-20(24(18)19)26(30)33/h1-4,7-12,17H,5-6,13-16H2,(H,27,31). The van der Waals surface area contributed by atoms with Gasteiger partial charge in [-0.1, -0.05) is 36.4 Å². The van der Waals surface area contributed by atoms with E-state index in [9.17, 15) is 14.4 Å². The van der Waals surface area contributed by atoms with Gasteiger partial charge < -0.3 is 9.88 Å². The van der Waals surface area contributed by atoms with Crippen LogP contribution in [0.1, 0.15) is 40.0 Å². The van der Waals surface area contributed by atoms with Crippen LogP contribution in [-0.2, 0) is 11.3 Å². The van der Waals surface area contributed by atoms with Crippen molar-refractivity contribution in [1.82, 2.24) is 19.8 Å². The summed E-state index contributed by atoms with van der Waals surface area (Å²) in [4.78, 5) is 43.7. The Kier molecular flexibility index (Phi) is 5.60. The molecule has 7 heteroatoms. The van der Waals surface area contributed by atoms with Gasteiger partial charge in [-0.05, 0) is 42.5 Å². The normalized spacial score (nSPS) is 13.2. The minimum atomic E-state index is -0.294. The maximum Gasteiger partial charge on any atom is 0.261 e. The number of benzene rings is 3. The molecule has 5 rings (SSSR count). The fourth-order valence-electron chi connectivity index (χ4n) is 4.44. The summed E-state index contributed by atoms with van der Waals surface area (Å²) >= 11 is 0. The molecule has 1 N–H and O–H groups in total. The molecule has 0 aliphatic carbocycles. The number of aromatic nitrogens is 2. The molecule has 0 saturated carbocycles. The van der Waals surface area contributed by atoms with Gasteiger partial charge in [0, 0.05) is 42.6 Å². The summed E-state index contributed by atoms with van der Waals surface area (Å²) in [5, 5.41) is 4.52. The van der Waals surface area contributed by atoms with Gasteiger partial charge in [0.15, 0.2) is 0 Å². The number of imide groups is 1. The molecule has 0 radical (unpaired) electrons. The van der Waals surface area contributed by atoms with Gasteiger partial charge in [-0.15, -0.1) is 0 Å². The maximum absolute atomic E-state index is 12.9. The van der Waals surface area contributed by atoms with Crippen molar-refractivity contribution in [3.05, 3.63) is 78.1 Å². The Hall–Kier alpha value is -4.00. The molecule has 1 aliphatic rings. The van der Waals surface area contributed by atoms with E-state index < -0.39 is 0 Å². The number of carbonyl (C=O) groups is 3. The molecule has 0 bridgehead atoms. The summed E-state index contributed by atoms with van der Waals surface area (Å²) in [7, 11) is 0. The highest BCUT2D eigenvalue weighted by atomic mass is 16.2. The molecule has 0 saturated heterocycles. The van der Waals surface area contributed by atoms with Gasteiger partial charge >= 0.3 is 0 Å². The molecule has 2 heterocycles. The summed E-state index contributed by atoms with van der Waals surface area (Å²) in [6.07, 6.45) is 3.29. The van der Waals surface area contributed by atoms with Gasteiger partial charge in [0.2, 0.25) is 5.91 Å². The first-order valence-electron chi connectivity index (χ1n) is 11.2. The van der Waals surface area contributed by atoms with E-state index in [0.717, 1.165) is 34.8 Å². The Morgan fingerprint density at radius 1 is 0.848 bits per heavy atom. The Balaban J connectivity index is 1.11. The van der Waals surface area contributed by atoms with Crippen LogP contribution in [-0.4, -0.2) is 45.3 Å². The summed E-state index contributed by atoms with van der Waals surface area (Å²) < 4.78 is 2.08. The van der Waals surface area contributed by atoms with Gasteiger partial charge in [0.05, 0.1) is 17.4 Å². The van der Waals surface area contributed by atoms with E-state index in [1.807, 2.05) is 54.9 Å². The molecule has 0 unspecified atom stereocenters. The highest BCUT2D eigenvalue weighted by Crippen LogP contribution is 2.30. The van der Waals surface area contributed by atoms with Crippen LogP contribution in [0.2, 0.25) is 0 Å². The molecule has 33 heavy (non-hydrogen) atoms. The Labute approximate surface area is 191 Å². The van der Waals surface area contributed by atoms with Crippen LogP contribution in [0, 0.1) is 0 Å². The van der Waals surface area contributed by atoms with Crippen LogP contribution < -0.4 is 5.32 Å². The average molecular weight is 441 g/mol. The fraction of sp³-hybridized carbons (Fsp3) is 0.231. The summed E-state index contributed by atoms with van der Waals surface area (Å²) in [5.41, 5.74) is 3.12. The zero-order valence-corrected chi connectivity index (χ0v) is 18.2. The molecule has 3 aromatic carbocycles. The lowest BCUT2D eigenvalue weighted by atomic mass is 9.94. The minimum absolute atomic E-state index is 0.0788. The van der Waals surface area contributed by atoms with Crippen LogP contribution >= 0.6 is 0 Å². The number of carbonyl (C=O) groups excluding carboxylic acids is 3. The molecule has 4 aromatic rings. The van der Waals surface area contributed by atoms with E-state index in [-0.39, 0.29) is 30.7 Å². The van der Waals surface area contributed by atoms with Crippen molar-refractivity contribution < 1.29 is 14.4 Å². The number of rotatable bonds is 8. The largest absolute Gasteiger partial charge is 0.356 e. The van der Waals surface area contributed by atoms with Crippen LogP contribution in [0.4, 0.5) is 0 Å². The second-order valence-corrected chi connectivity index (χ2v) is 8.20. The lowest BCUT2D eigenvalue weighted by Gasteiger charge is -2.27. The average Bonchev–Trinajstić information content (AvgIpc) is 3.25. The molecular formula is C26H24N4O3. The van der Waals surface area contributed by atoms with Crippen molar-refractivity contribution in [1.29, 1.82) is 0 Å². The highest BCUT2D eigenvalue weighted by Gasteiger charge is 2.32. The molecule has 0 spiro atoms. The summed E-state index contributed by atoms with van der Waals surface area (Å²) in [6, 6.07) is 18.9. The smallest absolute Gasteiger partial charge is 0.261 e. The summed E-state index contributed by atoms with van der Waals surface area (Å²) in [6.45, 7) is 1.54. The van der Waals surface area contributed by atoms with Crippen molar-refractivity contribution >= 4 is 39.5 Å². The quantitative estimate of drug-likeness (QED) is 0.334. The van der Waals surface area contributed by atoms with E-state index in [2.05, 4.69) is 14.9 Å². The van der Waals surface area contributed by atoms with E-state index >= 15 is 0 Å².